The van der Waals surface area contributed by atoms with Crippen molar-refractivity contribution < 1.29 is 18.0 Å². The number of carbonyl (C=O) groups is 1. The van der Waals surface area contributed by atoms with Crippen LogP contribution >= 0.6 is 11.3 Å². The number of nitrogens with zero attached hydrogens (tertiary/aromatic N) is 4. The maximum absolute atomic E-state index is 12.5. The minimum Gasteiger partial charge on any atom is -0.376 e. The zero-order valence-corrected chi connectivity index (χ0v) is 13.4. The van der Waals surface area contributed by atoms with E-state index in [9.17, 15) is 18.0 Å². The van der Waals surface area contributed by atoms with Gasteiger partial charge < -0.3 is 9.30 Å². The SMILES string of the molecule is CN(C)c1ccc2nc(C(=O)Nc3nc(C(F)(F)F)cs3)cn2c1. The number of hydrogen-bond acceptors (Lipinski definition) is 5. The average Bonchev–Trinajstić information content (AvgIpc) is 3.11. The van der Waals surface area contributed by atoms with Crippen LogP contribution in [0.2, 0.25) is 0 Å². The number of halogens is 3. The molecule has 0 unspecified atom stereocenters. The Hall–Kier alpha value is -2.62. The molecule has 1 N–H and O–H groups in total. The number of nitrogens with one attached hydrogen (secondary N) is 1. The Morgan fingerprint density at radius 3 is 2.62 bits per heavy atom. The molecule has 0 atom stereocenters. The Kier molecular flexibility index (Phi) is 3.91. The third-order valence-corrected chi connectivity index (χ3v) is 3.96. The van der Waals surface area contributed by atoms with Crippen molar-refractivity contribution in [1.82, 2.24) is 14.4 Å². The number of pyridine rings is 1. The molecule has 6 nitrogen and oxygen atoms in total. The smallest absolute Gasteiger partial charge is 0.376 e. The molecule has 0 saturated carbocycles. The molecule has 0 aliphatic carbocycles. The van der Waals surface area contributed by atoms with Gasteiger partial charge in [0.05, 0.1) is 5.69 Å². The second-order valence-corrected chi connectivity index (χ2v) is 6.02. The topological polar surface area (TPSA) is 62.5 Å². The molecule has 24 heavy (non-hydrogen) atoms. The second-order valence-electron chi connectivity index (χ2n) is 5.16. The molecule has 0 saturated heterocycles. The van der Waals surface area contributed by atoms with Gasteiger partial charge in [-0.3, -0.25) is 10.1 Å². The Balaban J connectivity index is 1.82. The summed E-state index contributed by atoms with van der Waals surface area (Å²) in [5.41, 5.74) is 0.533. The summed E-state index contributed by atoms with van der Waals surface area (Å²) < 4.78 is 39.2. The van der Waals surface area contributed by atoms with Crippen molar-refractivity contribution >= 4 is 33.7 Å². The van der Waals surface area contributed by atoms with E-state index in [2.05, 4.69) is 15.3 Å². The van der Waals surface area contributed by atoms with Gasteiger partial charge in [-0.15, -0.1) is 11.3 Å². The number of fused-ring (bicyclic) bond motifs is 1. The minimum atomic E-state index is -4.54. The number of anilines is 2. The molecule has 3 heterocycles. The van der Waals surface area contributed by atoms with Gasteiger partial charge in [0.1, 0.15) is 11.3 Å². The number of rotatable bonds is 3. The lowest BCUT2D eigenvalue weighted by atomic mass is 10.4. The number of thiazole rings is 1. The Labute approximate surface area is 138 Å². The third kappa shape index (κ3) is 3.18. The van der Waals surface area contributed by atoms with Gasteiger partial charge in [-0.1, -0.05) is 0 Å². The van der Waals surface area contributed by atoms with Gasteiger partial charge in [0.25, 0.3) is 5.91 Å². The summed E-state index contributed by atoms with van der Waals surface area (Å²) in [5.74, 6) is -0.617. The fourth-order valence-corrected chi connectivity index (χ4v) is 2.69. The molecule has 0 aromatic carbocycles. The summed E-state index contributed by atoms with van der Waals surface area (Å²) in [6.07, 6.45) is -1.23. The van der Waals surface area contributed by atoms with Crippen molar-refractivity contribution in [3.8, 4) is 0 Å². The van der Waals surface area contributed by atoms with Crippen LogP contribution in [0.15, 0.2) is 29.9 Å². The summed E-state index contributed by atoms with van der Waals surface area (Å²) in [6, 6.07) is 3.59. The zero-order chi connectivity index (χ0) is 17.5. The highest BCUT2D eigenvalue weighted by Gasteiger charge is 2.34. The first-order valence-electron chi connectivity index (χ1n) is 6.74. The molecule has 3 aromatic heterocycles. The maximum atomic E-state index is 12.5. The predicted molar refractivity (Wildman–Crippen MR) is 84.6 cm³/mol. The molecule has 0 bridgehead atoms. The van der Waals surface area contributed by atoms with Crippen LogP contribution in [0.3, 0.4) is 0 Å². The normalized spacial score (nSPS) is 11.7. The van der Waals surface area contributed by atoms with Gasteiger partial charge in [0, 0.05) is 31.9 Å². The van der Waals surface area contributed by atoms with Crippen molar-refractivity contribution in [3.05, 3.63) is 41.3 Å². The summed E-state index contributed by atoms with van der Waals surface area (Å²) in [4.78, 5) is 21.6. The van der Waals surface area contributed by atoms with E-state index in [1.165, 1.54) is 6.20 Å². The van der Waals surface area contributed by atoms with Crippen LogP contribution in [-0.2, 0) is 6.18 Å². The molecule has 1 amide bonds. The highest BCUT2D eigenvalue weighted by atomic mass is 32.1. The predicted octanol–water partition coefficient (Wildman–Crippen LogP) is 3.13. The van der Waals surface area contributed by atoms with Crippen LogP contribution < -0.4 is 10.2 Å². The van der Waals surface area contributed by atoms with Gasteiger partial charge in [-0.05, 0) is 12.1 Å². The zero-order valence-electron chi connectivity index (χ0n) is 12.6. The average molecular weight is 355 g/mol. The summed E-state index contributed by atoms with van der Waals surface area (Å²) in [6.45, 7) is 0. The summed E-state index contributed by atoms with van der Waals surface area (Å²) in [7, 11) is 3.76. The second kappa shape index (κ2) is 5.78. The van der Waals surface area contributed by atoms with Gasteiger partial charge in [0.15, 0.2) is 10.8 Å². The number of aromatic nitrogens is 3. The van der Waals surface area contributed by atoms with E-state index in [-0.39, 0.29) is 10.8 Å². The van der Waals surface area contributed by atoms with Crippen molar-refractivity contribution in [1.29, 1.82) is 0 Å². The van der Waals surface area contributed by atoms with E-state index in [1.54, 1.807) is 16.7 Å². The van der Waals surface area contributed by atoms with E-state index in [0.29, 0.717) is 17.0 Å². The minimum absolute atomic E-state index is 0.0923. The molecule has 0 radical (unpaired) electrons. The fraction of sp³-hybridized carbons (Fsp3) is 0.214. The number of hydrogen-bond donors (Lipinski definition) is 1. The summed E-state index contributed by atoms with van der Waals surface area (Å²) >= 11 is 0.708. The highest BCUT2D eigenvalue weighted by Crippen LogP contribution is 2.31. The van der Waals surface area contributed by atoms with Crippen LogP contribution in [0.4, 0.5) is 24.0 Å². The van der Waals surface area contributed by atoms with Crippen LogP contribution in [0, 0.1) is 0 Å². The molecule has 0 spiro atoms. The van der Waals surface area contributed by atoms with Crippen molar-refractivity contribution in [2.75, 3.05) is 24.3 Å². The van der Waals surface area contributed by atoms with E-state index < -0.39 is 17.8 Å². The Bertz CT molecular complexity index is 899. The van der Waals surface area contributed by atoms with Crippen LogP contribution in [0.1, 0.15) is 16.2 Å². The molecule has 126 valence electrons. The maximum Gasteiger partial charge on any atom is 0.434 e. The largest absolute Gasteiger partial charge is 0.434 e. The first-order valence-corrected chi connectivity index (χ1v) is 7.62. The molecule has 3 aromatic rings. The highest BCUT2D eigenvalue weighted by molar-refractivity contribution is 7.14. The van der Waals surface area contributed by atoms with Gasteiger partial charge >= 0.3 is 6.18 Å². The van der Waals surface area contributed by atoms with Crippen LogP contribution in [0.5, 0.6) is 0 Å². The van der Waals surface area contributed by atoms with E-state index >= 15 is 0 Å². The first-order chi connectivity index (χ1) is 11.2. The molecular formula is C14H12F3N5OS. The van der Waals surface area contributed by atoms with E-state index in [0.717, 1.165) is 11.1 Å². The van der Waals surface area contributed by atoms with Crippen molar-refractivity contribution in [2.45, 2.75) is 6.18 Å². The fourth-order valence-electron chi connectivity index (χ4n) is 1.98. The lowest BCUT2D eigenvalue weighted by Gasteiger charge is -2.11. The first kappa shape index (κ1) is 16.2. The molecular weight excluding hydrogens is 343 g/mol. The van der Waals surface area contributed by atoms with Crippen LogP contribution in [0.25, 0.3) is 5.65 Å². The molecule has 0 aliphatic heterocycles. The third-order valence-electron chi connectivity index (χ3n) is 3.20. The molecule has 3 rings (SSSR count). The quantitative estimate of drug-likeness (QED) is 0.784. The molecule has 10 heteroatoms. The van der Waals surface area contributed by atoms with Crippen molar-refractivity contribution in [3.63, 3.8) is 0 Å². The molecule has 0 aliphatic rings. The summed E-state index contributed by atoms with van der Waals surface area (Å²) in [5, 5.41) is 3.05. The lowest BCUT2D eigenvalue weighted by Crippen LogP contribution is -2.13. The number of alkyl halides is 3. The van der Waals surface area contributed by atoms with E-state index in [1.807, 2.05) is 25.1 Å². The standard InChI is InChI=1S/C14H12F3N5OS/c1-21(2)8-3-4-11-18-9(6-22(11)5-8)12(23)20-13-19-10(7-24-13)14(15,16)17/h3-7H,1-2H3,(H,19,20,23). The Morgan fingerprint density at radius 1 is 1.25 bits per heavy atom. The monoisotopic (exact) mass is 355 g/mol. The lowest BCUT2D eigenvalue weighted by molar-refractivity contribution is -0.140. The van der Waals surface area contributed by atoms with Crippen LogP contribution in [-0.4, -0.2) is 34.4 Å². The molecule has 0 fully saturated rings. The van der Waals surface area contributed by atoms with Gasteiger partial charge in [-0.25, -0.2) is 9.97 Å². The number of carbonyl (C=O) groups excluding carboxylic acids is 1. The van der Waals surface area contributed by atoms with Crippen molar-refractivity contribution in [2.24, 2.45) is 0 Å². The number of amides is 1. The van der Waals surface area contributed by atoms with Gasteiger partial charge in [0.2, 0.25) is 0 Å². The number of imidazole rings is 1. The van der Waals surface area contributed by atoms with E-state index in [4.69, 9.17) is 0 Å². The van der Waals surface area contributed by atoms with Gasteiger partial charge in [-0.2, -0.15) is 13.2 Å². The Morgan fingerprint density at radius 2 is 2.00 bits per heavy atom.